The first kappa shape index (κ1) is 20.6. The van der Waals surface area contributed by atoms with E-state index in [2.05, 4.69) is 47.6 Å². The van der Waals surface area contributed by atoms with E-state index >= 15 is 0 Å². The molecule has 34 heavy (non-hydrogen) atoms. The molecule has 0 fully saturated rings. The number of primary amides is 1. The summed E-state index contributed by atoms with van der Waals surface area (Å²) in [6.45, 7) is 3.40. The van der Waals surface area contributed by atoms with Gasteiger partial charge in [-0.05, 0) is 53.6 Å². The van der Waals surface area contributed by atoms with Crippen LogP contribution in [0.5, 0.6) is 0 Å². The van der Waals surface area contributed by atoms with Crippen LogP contribution in [0.15, 0.2) is 48.5 Å². The van der Waals surface area contributed by atoms with Crippen molar-refractivity contribution in [1.29, 1.82) is 0 Å². The lowest BCUT2D eigenvalue weighted by Gasteiger charge is -2.18. The van der Waals surface area contributed by atoms with Gasteiger partial charge in [0.2, 0.25) is 0 Å². The highest BCUT2D eigenvalue weighted by atomic mass is 16.2. The van der Waals surface area contributed by atoms with E-state index in [0.717, 1.165) is 46.4 Å². The minimum atomic E-state index is -0.447. The molecule has 0 spiro atoms. The number of hydrogen-bond acceptors (Lipinski definition) is 3. The van der Waals surface area contributed by atoms with Gasteiger partial charge in [-0.15, -0.1) is 0 Å². The number of rotatable bonds is 3. The highest BCUT2D eigenvalue weighted by molar-refractivity contribution is 6.13. The summed E-state index contributed by atoms with van der Waals surface area (Å²) >= 11 is 0. The van der Waals surface area contributed by atoms with Gasteiger partial charge in [-0.1, -0.05) is 31.2 Å². The SMILES string of the molecule is CC[C@@H]1CN(C(=O)c2cc3c4c(ccc3[nH]2)N(C(N)=O)CC4)c2cc(NC)c3ccccc3c21. The van der Waals surface area contributed by atoms with Crippen molar-refractivity contribution in [2.45, 2.75) is 25.7 Å². The number of carbonyl (C=O) groups excluding carboxylic acids is 2. The van der Waals surface area contributed by atoms with Gasteiger partial charge in [0.25, 0.3) is 5.91 Å². The molecule has 0 unspecified atom stereocenters. The largest absolute Gasteiger partial charge is 0.388 e. The fraction of sp³-hybridized carbons (Fsp3) is 0.259. The van der Waals surface area contributed by atoms with Gasteiger partial charge in [-0.3, -0.25) is 9.69 Å². The van der Waals surface area contributed by atoms with E-state index < -0.39 is 6.03 Å². The maximum absolute atomic E-state index is 13.8. The molecule has 0 radical (unpaired) electrons. The fourth-order valence-electron chi connectivity index (χ4n) is 5.78. The molecule has 4 aromatic rings. The molecule has 0 saturated heterocycles. The summed E-state index contributed by atoms with van der Waals surface area (Å²) in [5, 5.41) is 6.66. The van der Waals surface area contributed by atoms with Gasteiger partial charge in [0, 0.05) is 53.7 Å². The maximum atomic E-state index is 13.8. The van der Waals surface area contributed by atoms with Crippen LogP contribution in [0.1, 0.15) is 40.9 Å². The highest BCUT2D eigenvalue weighted by Crippen LogP contribution is 2.46. The Hall–Kier alpha value is -4.00. The Bertz CT molecular complexity index is 1490. The van der Waals surface area contributed by atoms with Crippen LogP contribution in [0.2, 0.25) is 0 Å². The quantitative estimate of drug-likeness (QED) is 0.409. The topological polar surface area (TPSA) is 94.5 Å². The molecule has 0 aliphatic carbocycles. The summed E-state index contributed by atoms with van der Waals surface area (Å²) < 4.78 is 0. The van der Waals surface area contributed by atoms with Crippen molar-refractivity contribution in [2.24, 2.45) is 5.73 Å². The molecule has 1 atom stereocenters. The second-order valence-electron chi connectivity index (χ2n) is 9.12. The Kier molecular flexibility index (Phi) is 4.55. The molecule has 3 amide bonds. The van der Waals surface area contributed by atoms with E-state index in [-0.39, 0.29) is 11.8 Å². The average Bonchev–Trinajstić information content (AvgIpc) is 3.57. The second-order valence-corrected chi connectivity index (χ2v) is 9.12. The Labute approximate surface area is 197 Å². The fourth-order valence-corrected chi connectivity index (χ4v) is 5.78. The summed E-state index contributed by atoms with van der Waals surface area (Å²) in [4.78, 5) is 32.5. The van der Waals surface area contributed by atoms with Crippen molar-refractivity contribution < 1.29 is 9.59 Å². The van der Waals surface area contributed by atoms with Crippen molar-refractivity contribution >= 4 is 50.7 Å². The van der Waals surface area contributed by atoms with Gasteiger partial charge < -0.3 is 20.9 Å². The lowest BCUT2D eigenvalue weighted by Crippen LogP contribution is -2.33. The van der Waals surface area contributed by atoms with Crippen molar-refractivity contribution in [1.82, 2.24) is 4.98 Å². The first-order valence-electron chi connectivity index (χ1n) is 11.8. The number of aromatic nitrogens is 1. The number of amides is 3. The normalized spacial score (nSPS) is 16.8. The average molecular weight is 454 g/mol. The lowest BCUT2D eigenvalue weighted by atomic mass is 9.92. The van der Waals surface area contributed by atoms with Gasteiger partial charge in [-0.2, -0.15) is 0 Å². The molecule has 0 saturated carbocycles. The molecule has 7 heteroatoms. The van der Waals surface area contributed by atoms with Gasteiger partial charge >= 0.3 is 6.03 Å². The van der Waals surface area contributed by atoms with E-state index in [1.165, 1.54) is 16.3 Å². The van der Waals surface area contributed by atoms with Crippen LogP contribution in [0.3, 0.4) is 0 Å². The van der Waals surface area contributed by atoms with Crippen LogP contribution in [0.25, 0.3) is 21.7 Å². The summed E-state index contributed by atoms with van der Waals surface area (Å²) in [6, 6.07) is 15.8. The van der Waals surface area contributed by atoms with E-state index in [9.17, 15) is 9.59 Å². The van der Waals surface area contributed by atoms with Crippen molar-refractivity contribution in [3.05, 3.63) is 65.4 Å². The number of nitrogens with one attached hydrogen (secondary N) is 2. The molecule has 6 rings (SSSR count). The van der Waals surface area contributed by atoms with Crippen molar-refractivity contribution in [3.8, 4) is 0 Å². The van der Waals surface area contributed by atoms with Gasteiger partial charge in [0.05, 0.1) is 5.69 Å². The second kappa shape index (κ2) is 7.52. The van der Waals surface area contributed by atoms with Crippen LogP contribution in [0, 0.1) is 0 Å². The smallest absolute Gasteiger partial charge is 0.319 e. The number of urea groups is 1. The number of nitrogens with zero attached hydrogens (tertiary/aromatic N) is 2. The van der Waals surface area contributed by atoms with E-state index in [1.54, 1.807) is 4.90 Å². The molecule has 1 aromatic heterocycles. The molecular formula is C27H27N5O2. The number of fused-ring (bicyclic) bond motifs is 6. The third kappa shape index (κ3) is 2.83. The summed E-state index contributed by atoms with van der Waals surface area (Å²) in [5.41, 5.74) is 12.1. The summed E-state index contributed by atoms with van der Waals surface area (Å²) in [7, 11) is 1.92. The molecule has 4 N–H and O–H groups in total. The van der Waals surface area contributed by atoms with Crippen LogP contribution >= 0.6 is 0 Å². The predicted octanol–water partition coefficient (Wildman–Crippen LogP) is 4.96. The number of H-pyrrole nitrogens is 1. The number of aromatic amines is 1. The Morgan fingerprint density at radius 3 is 2.59 bits per heavy atom. The van der Waals surface area contributed by atoms with E-state index in [1.807, 2.05) is 30.1 Å². The number of nitrogens with two attached hydrogens (primary N) is 1. The minimum absolute atomic E-state index is 0.0377. The number of hydrogen-bond donors (Lipinski definition) is 3. The van der Waals surface area contributed by atoms with Crippen molar-refractivity contribution in [2.75, 3.05) is 35.3 Å². The molecule has 7 nitrogen and oxygen atoms in total. The molecule has 3 aromatic carbocycles. The minimum Gasteiger partial charge on any atom is -0.388 e. The number of anilines is 3. The highest BCUT2D eigenvalue weighted by Gasteiger charge is 2.35. The van der Waals surface area contributed by atoms with E-state index in [0.29, 0.717) is 18.8 Å². The lowest BCUT2D eigenvalue weighted by molar-refractivity contribution is 0.0984. The molecule has 172 valence electrons. The van der Waals surface area contributed by atoms with Crippen LogP contribution in [-0.4, -0.2) is 37.1 Å². The third-order valence-corrected chi connectivity index (χ3v) is 7.44. The molecule has 2 aliphatic heterocycles. The number of benzene rings is 3. The zero-order chi connectivity index (χ0) is 23.6. The van der Waals surface area contributed by atoms with E-state index in [4.69, 9.17) is 5.73 Å². The third-order valence-electron chi connectivity index (χ3n) is 7.44. The van der Waals surface area contributed by atoms with Crippen molar-refractivity contribution in [3.63, 3.8) is 0 Å². The molecular weight excluding hydrogens is 426 g/mol. The summed E-state index contributed by atoms with van der Waals surface area (Å²) in [6.07, 6.45) is 1.69. The van der Waals surface area contributed by atoms with Gasteiger partial charge in [0.1, 0.15) is 5.69 Å². The standard InChI is InChI=1S/C27H27N5O2/c1-3-15-14-32(24-13-21(29-2)16-6-4-5-7-18(16)25(15)24)26(33)22-12-19-17-10-11-31(27(28)34)23(17)9-8-20(19)30-22/h4-9,12-13,15,29-30H,3,10-11,14H2,1-2H3,(H2,28,34)/t15-/m1/s1. The van der Waals surface area contributed by atoms with Gasteiger partial charge in [0.15, 0.2) is 0 Å². The first-order valence-corrected chi connectivity index (χ1v) is 11.8. The first-order chi connectivity index (χ1) is 16.5. The summed E-state index contributed by atoms with van der Waals surface area (Å²) in [5.74, 6) is 0.247. The zero-order valence-electron chi connectivity index (χ0n) is 19.3. The predicted molar refractivity (Wildman–Crippen MR) is 137 cm³/mol. The van der Waals surface area contributed by atoms with Crippen LogP contribution in [-0.2, 0) is 6.42 Å². The Morgan fingerprint density at radius 2 is 1.85 bits per heavy atom. The molecule has 2 aliphatic rings. The zero-order valence-corrected chi connectivity index (χ0v) is 19.3. The monoisotopic (exact) mass is 453 g/mol. The Morgan fingerprint density at radius 1 is 1.06 bits per heavy atom. The molecule has 0 bridgehead atoms. The Balaban J connectivity index is 1.45. The van der Waals surface area contributed by atoms with Crippen LogP contribution in [0.4, 0.5) is 21.9 Å². The van der Waals surface area contributed by atoms with Crippen LogP contribution < -0.4 is 20.9 Å². The number of carbonyl (C=O) groups is 2. The van der Waals surface area contributed by atoms with Gasteiger partial charge in [-0.25, -0.2) is 4.79 Å². The molecule has 3 heterocycles. The maximum Gasteiger partial charge on any atom is 0.319 e.